The standard InChI is InChI=1S/C7H8O3/c8-3-1-4-5(9-4)2-6-7(3)10-6/h4-7H,1-2H2. The fraction of sp³-hybridized carbons (Fsp3) is 0.857. The molecule has 0 bridgehead atoms. The topological polar surface area (TPSA) is 42.1 Å². The summed E-state index contributed by atoms with van der Waals surface area (Å²) in [6.07, 6.45) is 2.30. The minimum absolute atomic E-state index is 0.0450. The van der Waals surface area contributed by atoms with Crippen LogP contribution in [0.25, 0.3) is 0 Å². The van der Waals surface area contributed by atoms with Gasteiger partial charge in [0.15, 0.2) is 5.78 Å². The lowest BCUT2D eigenvalue weighted by molar-refractivity contribution is -0.120. The summed E-state index contributed by atoms with van der Waals surface area (Å²) >= 11 is 0. The largest absolute Gasteiger partial charge is 0.369 e. The molecule has 0 amide bonds. The molecule has 1 saturated carbocycles. The first-order valence-corrected chi connectivity index (χ1v) is 3.68. The van der Waals surface area contributed by atoms with Gasteiger partial charge in [-0.3, -0.25) is 4.79 Å². The van der Waals surface area contributed by atoms with Crippen molar-refractivity contribution in [1.82, 2.24) is 0 Å². The van der Waals surface area contributed by atoms with Crippen molar-refractivity contribution in [1.29, 1.82) is 0 Å². The average Bonchev–Trinajstić information content (AvgIpc) is 2.66. The molecule has 0 radical (unpaired) electrons. The molecule has 0 aromatic rings. The van der Waals surface area contributed by atoms with Crippen LogP contribution in [0.4, 0.5) is 0 Å². The van der Waals surface area contributed by atoms with Crippen LogP contribution in [0.1, 0.15) is 12.8 Å². The zero-order valence-electron chi connectivity index (χ0n) is 5.45. The van der Waals surface area contributed by atoms with E-state index in [4.69, 9.17) is 9.47 Å². The molecule has 4 atom stereocenters. The van der Waals surface area contributed by atoms with Crippen molar-refractivity contribution in [2.45, 2.75) is 37.3 Å². The molecule has 2 heterocycles. The number of Topliss-reactive ketones (excluding diaryl/α,β-unsaturated/α-hetero) is 1. The summed E-state index contributed by atoms with van der Waals surface area (Å²) in [6, 6.07) is 0. The molecule has 3 aliphatic rings. The minimum Gasteiger partial charge on any atom is -0.369 e. The third-order valence-electron chi connectivity index (χ3n) is 2.45. The monoisotopic (exact) mass is 140 g/mol. The van der Waals surface area contributed by atoms with E-state index in [-0.39, 0.29) is 24.1 Å². The molecule has 2 aliphatic heterocycles. The molecule has 3 nitrogen and oxygen atoms in total. The highest BCUT2D eigenvalue weighted by molar-refractivity contribution is 5.87. The van der Waals surface area contributed by atoms with Gasteiger partial charge in [0.1, 0.15) is 6.10 Å². The Labute approximate surface area is 58.3 Å². The van der Waals surface area contributed by atoms with Crippen LogP contribution in [-0.4, -0.2) is 30.2 Å². The number of carbonyl (C=O) groups excluding carboxylic acids is 1. The van der Waals surface area contributed by atoms with Crippen LogP contribution in [0.5, 0.6) is 0 Å². The third-order valence-corrected chi connectivity index (χ3v) is 2.45. The fourth-order valence-corrected chi connectivity index (χ4v) is 1.71. The third kappa shape index (κ3) is 0.592. The van der Waals surface area contributed by atoms with E-state index in [1.54, 1.807) is 0 Å². The number of carbonyl (C=O) groups is 1. The van der Waals surface area contributed by atoms with Crippen molar-refractivity contribution in [2.75, 3.05) is 0 Å². The number of rotatable bonds is 0. The predicted molar refractivity (Wildman–Crippen MR) is 31.6 cm³/mol. The van der Waals surface area contributed by atoms with Gasteiger partial charge in [0.2, 0.25) is 0 Å². The molecule has 0 aromatic carbocycles. The van der Waals surface area contributed by atoms with Gasteiger partial charge in [-0.15, -0.1) is 0 Å². The van der Waals surface area contributed by atoms with E-state index < -0.39 is 0 Å². The molecular formula is C7H8O3. The van der Waals surface area contributed by atoms with Gasteiger partial charge in [-0.2, -0.15) is 0 Å². The molecule has 2 saturated heterocycles. The first kappa shape index (κ1) is 5.27. The van der Waals surface area contributed by atoms with Crippen molar-refractivity contribution in [3.8, 4) is 0 Å². The smallest absolute Gasteiger partial charge is 0.166 e. The van der Waals surface area contributed by atoms with E-state index in [0.717, 1.165) is 6.42 Å². The summed E-state index contributed by atoms with van der Waals surface area (Å²) in [5.74, 6) is 0.245. The molecule has 3 rings (SSSR count). The van der Waals surface area contributed by atoms with Crippen LogP contribution in [0, 0.1) is 0 Å². The Morgan fingerprint density at radius 2 is 2.10 bits per heavy atom. The number of hydrogen-bond acceptors (Lipinski definition) is 3. The Hall–Kier alpha value is -0.410. The highest BCUT2D eigenvalue weighted by atomic mass is 16.6. The average molecular weight is 140 g/mol. The summed E-state index contributed by atoms with van der Waals surface area (Å²) in [5.41, 5.74) is 0. The Balaban J connectivity index is 1.85. The van der Waals surface area contributed by atoms with Crippen LogP contribution >= 0.6 is 0 Å². The van der Waals surface area contributed by atoms with Gasteiger partial charge in [-0.05, 0) is 0 Å². The van der Waals surface area contributed by atoms with Crippen molar-refractivity contribution >= 4 is 5.78 Å². The van der Waals surface area contributed by atoms with Crippen molar-refractivity contribution in [3.63, 3.8) is 0 Å². The lowest BCUT2D eigenvalue weighted by Crippen LogP contribution is -2.09. The number of hydrogen-bond donors (Lipinski definition) is 0. The molecule has 0 aromatic heterocycles. The molecule has 10 heavy (non-hydrogen) atoms. The Morgan fingerprint density at radius 3 is 3.00 bits per heavy atom. The Bertz CT molecular complexity index is 201. The van der Waals surface area contributed by atoms with E-state index in [9.17, 15) is 4.79 Å². The van der Waals surface area contributed by atoms with Crippen LogP contribution in [-0.2, 0) is 14.3 Å². The summed E-state index contributed by atoms with van der Waals surface area (Å²) in [5, 5.41) is 0. The number of ketones is 1. The highest BCUT2D eigenvalue weighted by Gasteiger charge is 2.56. The lowest BCUT2D eigenvalue weighted by atomic mass is 10.2. The first-order valence-electron chi connectivity index (χ1n) is 3.68. The summed E-state index contributed by atoms with van der Waals surface area (Å²) in [4.78, 5) is 11.1. The molecule has 3 heteroatoms. The highest BCUT2D eigenvalue weighted by Crippen LogP contribution is 2.42. The minimum atomic E-state index is -0.0450. The van der Waals surface area contributed by atoms with Crippen molar-refractivity contribution in [2.24, 2.45) is 0 Å². The Kier molecular flexibility index (Phi) is 0.754. The predicted octanol–water partition coefficient (Wildman–Crippen LogP) is -0.116. The zero-order valence-corrected chi connectivity index (χ0v) is 5.45. The van der Waals surface area contributed by atoms with Crippen LogP contribution in [0.3, 0.4) is 0 Å². The quantitative estimate of drug-likeness (QED) is 0.441. The van der Waals surface area contributed by atoms with Gasteiger partial charge in [-0.25, -0.2) is 0 Å². The molecular weight excluding hydrogens is 132 g/mol. The van der Waals surface area contributed by atoms with E-state index in [2.05, 4.69) is 0 Å². The van der Waals surface area contributed by atoms with Crippen molar-refractivity contribution < 1.29 is 14.3 Å². The summed E-state index contributed by atoms with van der Waals surface area (Å²) in [7, 11) is 0. The molecule has 0 spiro atoms. The van der Waals surface area contributed by atoms with Crippen LogP contribution in [0.2, 0.25) is 0 Å². The van der Waals surface area contributed by atoms with Gasteiger partial charge in [-0.1, -0.05) is 0 Å². The maximum atomic E-state index is 11.1. The van der Waals surface area contributed by atoms with E-state index >= 15 is 0 Å². The molecule has 3 fully saturated rings. The Morgan fingerprint density at radius 1 is 1.20 bits per heavy atom. The van der Waals surface area contributed by atoms with E-state index in [1.807, 2.05) is 0 Å². The second kappa shape index (κ2) is 1.43. The normalized spacial score (nSPS) is 56.6. The first-order chi connectivity index (χ1) is 4.84. The lowest BCUT2D eigenvalue weighted by Gasteiger charge is -1.87. The maximum Gasteiger partial charge on any atom is 0.166 e. The molecule has 4 unspecified atom stereocenters. The van der Waals surface area contributed by atoms with Crippen LogP contribution < -0.4 is 0 Å². The second-order valence-corrected chi connectivity index (χ2v) is 3.21. The zero-order chi connectivity index (χ0) is 6.72. The van der Waals surface area contributed by atoms with Gasteiger partial charge in [0, 0.05) is 12.8 Å². The van der Waals surface area contributed by atoms with Crippen LogP contribution in [0.15, 0.2) is 0 Å². The van der Waals surface area contributed by atoms with Gasteiger partial charge >= 0.3 is 0 Å². The molecule has 0 N–H and O–H groups in total. The number of ether oxygens (including phenoxy) is 2. The summed E-state index contributed by atoms with van der Waals surface area (Å²) < 4.78 is 10.4. The van der Waals surface area contributed by atoms with E-state index in [1.165, 1.54) is 0 Å². The number of epoxide rings is 2. The molecule has 1 aliphatic carbocycles. The summed E-state index contributed by atoms with van der Waals surface area (Å²) in [6.45, 7) is 0. The second-order valence-electron chi connectivity index (χ2n) is 3.21. The SMILES string of the molecule is O=C1CC2OC2CC2OC12. The van der Waals surface area contributed by atoms with Gasteiger partial charge in [0.25, 0.3) is 0 Å². The maximum absolute atomic E-state index is 11.1. The fourth-order valence-electron chi connectivity index (χ4n) is 1.71. The number of fused-ring (bicyclic) bond motifs is 2. The van der Waals surface area contributed by atoms with Gasteiger partial charge < -0.3 is 9.47 Å². The van der Waals surface area contributed by atoms with E-state index in [0.29, 0.717) is 12.5 Å². The molecule has 54 valence electrons. The van der Waals surface area contributed by atoms with Crippen molar-refractivity contribution in [3.05, 3.63) is 0 Å². The van der Waals surface area contributed by atoms with Gasteiger partial charge in [0.05, 0.1) is 18.3 Å².